The number of hydrogen-bond donors (Lipinski definition) is 2. The lowest BCUT2D eigenvalue weighted by molar-refractivity contribution is -0.109. The maximum atomic E-state index is 10.0. The van der Waals surface area contributed by atoms with Crippen molar-refractivity contribution >= 4 is 23.1 Å². The summed E-state index contributed by atoms with van der Waals surface area (Å²) in [4.78, 5) is 14.3. The van der Waals surface area contributed by atoms with Gasteiger partial charge < -0.3 is 0 Å². The Labute approximate surface area is 80.9 Å². The molecule has 14 heavy (non-hydrogen) atoms. The molecule has 1 heterocycles. The molecule has 0 saturated heterocycles. The Kier molecular flexibility index (Phi) is 2.27. The van der Waals surface area contributed by atoms with Crippen LogP contribution in [-0.4, -0.2) is 11.4 Å². The van der Waals surface area contributed by atoms with Gasteiger partial charge in [-0.2, -0.15) is 0 Å². The van der Waals surface area contributed by atoms with Gasteiger partial charge in [-0.1, -0.05) is 18.2 Å². The minimum atomic E-state index is 0.566. The second-order valence-corrected chi connectivity index (χ2v) is 2.78. The second-order valence-electron chi connectivity index (χ2n) is 2.78. The van der Waals surface area contributed by atoms with Crippen molar-refractivity contribution in [3.05, 3.63) is 36.4 Å². The van der Waals surface area contributed by atoms with Crippen LogP contribution >= 0.6 is 0 Å². The molecule has 0 aliphatic heterocycles. The van der Waals surface area contributed by atoms with E-state index in [1.807, 2.05) is 30.3 Å². The van der Waals surface area contributed by atoms with Crippen LogP contribution in [0.5, 0.6) is 0 Å². The van der Waals surface area contributed by atoms with Crippen molar-refractivity contribution in [1.82, 2.24) is 10.4 Å². The van der Waals surface area contributed by atoms with E-state index in [1.54, 1.807) is 6.07 Å². The molecule has 4 heteroatoms. The van der Waals surface area contributed by atoms with Crippen LogP contribution in [0.25, 0.3) is 10.9 Å². The Morgan fingerprint density at radius 1 is 1.14 bits per heavy atom. The monoisotopic (exact) mass is 187 g/mol. The number of carbonyl (C=O) groups excluding carboxylic acids is 1. The molecule has 0 saturated carbocycles. The number of carbonyl (C=O) groups is 1. The van der Waals surface area contributed by atoms with Crippen molar-refractivity contribution < 1.29 is 4.79 Å². The predicted octanol–water partition coefficient (Wildman–Crippen LogP) is 1.31. The van der Waals surface area contributed by atoms with E-state index < -0.39 is 0 Å². The number of rotatable bonds is 3. The number of nitrogens with zero attached hydrogens (tertiary/aromatic N) is 1. The van der Waals surface area contributed by atoms with E-state index >= 15 is 0 Å². The molecule has 2 rings (SSSR count). The van der Waals surface area contributed by atoms with Gasteiger partial charge in [0.2, 0.25) is 6.41 Å². The normalized spacial score (nSPS) is 9.71. The molecule has 0 bridgehead atoms. The first-order chi connectivity index (χ1) is 6.90. The van der Waals surface area contributed by atoms with Crippen molar-refractivity contribution in [3.8, 4) is 0 Å². The highest BCUT2D eigenvalue weighted by molar-refractivity contribution is 5.80. The lowest BCUT2D eigenvalue weighted by Gasteiger charge is -2.03. The summed E-state index contributed by atoms with van der Waals surface area (Å²) in [6, 6.07) is 11.5. The molecular formula is C10H9N3O. The molecular weight excluding hydrogens is 178 g/mol. The number of hydrazine groups is 1. The molecule has 4 nitrogen and oxygen atoms in total. The average Bonchev–Trinajstić information content (AvgIpc) is 2.26. The molecule has 0 spiro atoms. The summed E-state index contributed by atoms with van der Waals surface area (Å²) in [5.41, 5.74) is 5.89. The fraction of sp³-hybridized carbons (Fsp3) is 0. The second kappa shape index (κ2) is 3.74. The van der Waals surface area contributed by atoms with Gasteiger partial charge in [0.15, 0.2) is 0 Å². The Bertz CT molecular complexity index is 456. The molecule has 70 valence electrons. The molecule has 0 unspecified atom stereocenters. The van der Waals surface area contributed by atoms with Gasteiger partial charge in [0.25, 0.3) is 0 Å². The number of amides is 1. The first kappa shape index (κ1) is 8.50. The highest BCUT2D eigenvalue weighted by Gasteiger charge is 1.95. The standard InChI is InChI=1S/C10H9N3O/c14-7-11-13-10-6-5-8-3-1-2-4-9(8)12-10/h1-7H,(H,11,14)(H,12,13). The largest absolute Gasteiger partial charge is 0.282 e. The van der Waals surface area contributed by atoms with E-state index in [4.69, 9.17) is 0 Å². The first-order valence-corrected chi connectivity index (χ1v) is 4.21. The van der Waals surface area contributed by atoms with Gasteiger partial charge in [-0.3, -0.25) is 15.6 Å². The summed E-state index contributed by atoms with van der Waals surface area (Å²) in [6.07, 6.45) is 0.566. The molecule has 1 aromatic heterocycles. The van der Waals surface area contributed by atoms with E-state index in [0.717, 1.165) is 10.9 Å². The predicted molar refractivity (Wildman–Crippen MR) is 54.6 cm³/mol. The van der Waals surface area contributed by atoms with Crippen molar-refractivity contribution in [2.75, 3.05) is 5.43 Å². The van der Waals surface area contributed by atoms with Crippen LogP contribution in [0.2, 0.25) is 0 Å². The fourth-order valence-corrected chi connectivity index (χ4v) is 1.24. The summed E-state index contributed by atoms with van der Waals surface area (Å²) < 4.78 is 0. The summed E-state index contributed by atoms with van der Waals surface area (Å²) in [5.74, 6) is 0.621. The number of pyridine rings is 1. The van der Waals surface area contributed by atoms with E-state index in [9.17, 15) is 4.79 Å². The van der Waals surface area contributed by atoms with Gasteiger partial charge >= 0.3 is 0 Å². The van der Waals surface area contributed by atoms with E-state index in [1.165, 1.54) is 0 Å². The van der Waals surface area contributed by atoms with Crippen molar-refractivity contribution in [2.45, 2.75) is 0 Å². The Morgan fingerprint density at radius 2 is 2.00 bits per heavy atom. The number of anilines is 1. The molecule has 0 aliphatic rings. The van der Waals surface area contributed by atoms with Gasteiger partial charge in [0.1, 0.15) is 5.82 Å². The van der Waals surface area contributed by atoms with Crippen LogP contribution in [0.4, 0.5) is 5.82 Å². The van der Waals surface area contributed by atoms with E-state index in [2.05, 4.69) is 15.8 Å². The van der Waals surface area contributed by atoms with Gasteiger partial charge in [-0.15, -0.1) is 0 Å². The van der Waals surface area contributed by atoms with Gasteiger partial charge in [0, 0.05) is 5.39 Å². The molecule has 0 radical (unpaired) electrons. The Morgan fingerprint density at radius 3 is 2.86 bits per heavy atom. The lowest BCUT2D eigenvalue weighted by atomic mass is 10.2. The molecule has 0 aliphatic carbocycles. The minimum Gasteiger partial charge on any atom is -0.282 e. The Balaban J connectivity index is 2.36. The van der Waals surface area contributed by atoms with Crippen LogP contribution in [0.15, 0.2) is 36.4 Å². The molecule has 1 aromatic carbocycles. The summed E-state index contributed by atoms with van der Waals surface area (Å²) in [6.45, 7) is 0. The smallest absolute Gasteiger partial charge is 0.225 e. The number of fused-ring (bicyclic) bond motifs is 1. The van der Waals surface area contributed by atoms with E-state index in [-0.39, 0.29) is 0 Å². The number of hydrogen-bond acceptors (Lipinski definition) is 3. The summed E-state index contributed by atoms with van der Waals surface area (Å²) >= 11 is 0. The van der Waals surface area contributed by atoms with Crippen LogP contribution in [0.3, 0.4) is 0 Å². The zero-order valence-electron chi connectivity index (χ0n) is 7.40. The Hall–Kier alpha value is -2.10. The molecule has 1 amide bonds. The number of nitrogens with one attached hydrogen (secondary N) is 2. The van der Waals surface area contributed by atoms with E-state index in [0.29, 0.717) is 12.2 Å². The third-order valence-corrected chi connectivity index (χ3v) is 1.86. The fourth-order valence-electron chi connectivity index (χ4n) is 1.24. The third kappa shape index (κ3) is 1.64. The van der Waals surface area contributed by atoms with Crippen LogP contribution in [0, 0.1) is 0 Å². The van der Waals surface area contributed by atoms with Crippen molar-refractivity contribution in [2.24, 2.45) is 0 Å². The lowest BCUT2D eigenvalue weighted by Crippen LogP contribution is -2.19. The minimum absolute atomic E-state index is 0.566. The molecule has 2 N–H and O–H groups in total. The summed E-state index contributed by atoms with van der Waals surface area (Å²) in [5, 5.41) is 1.07. The average molecular weight is 187 g/mol. The molecule has 0 fully saturated rings. The number of aromatic nitrogens is 1. The zero-order chi connectivity index (χ0) is 9.80. The van der Waals surface area contributed by atoms with Crippen LogP contribution < -0.4 is 10.9 Å². The van der Waals surface area contributed by atoms with Gasteiger partial charge in [-0.05, 0) is 18.2 Å². The summed E-state index contributed by atoms with van der Waals surface area (Å²) in [7, 11) is 0. The molecule has 0 atom stereocenters. The third-order valence-electron chi connectivity index (χ3n) is 1.86. The highest BCUT2D eigenvalue weighted by atomic mass is 16.1. The SMILES string of the molecule is O=CNNc1ccc2ccccc2n1. The van der Waals surface area contributed by atoms with Gasteiger partial charge in [-0.25, -0.2) is 4.98 Å². The van der Waals surface area contributed by atoms with Crippen LogP contribution in [0.1, 0.15) is 0 Å². The van der Waals surface area contributed by atoms with Crippen LogP contribution in [-0.2, 0) is 4.79 Å². The van der Waals surface area contributed by atoms with Crippen molar-refractivity contribution in [3.63, 3.8) is 0 Å². The maximum absolute atomic E-state index is 10.0. The number of para-hydroxylation sites is 1. The first-order valence-electron chi connectivity index (χ1n) is 4.21. The quantitative estimate of drug-likeness (QED) is 0.562. The van der Waals surface area contributed by atoms with Crippen molar-refractivity contribution in [1.29, 1.82) is 0 Å². The maximum Gasteiger partial charge on any atom is 0.225 e. The van der Waals surface area contributed by atoms with Gasteiger partial charge in [0.05, 0.1) is 5.52 Å². The highest BCUT2D eigenvalue weighted by Crippen LogP contribution is 2.13. The molecule has 2 aromatic rings. The zero-order valence-corrected chi connectivity index (χ0v) is 7.40. The topological polar surface area (TPSA) is 54.0 Å². The number of benzene rings is 1.